The molecule has 0 bridgehead atoms. The Morgan fingerprint density at radius 2 is 2.05 bits per heavy atom. The van der Waals surface area contributed by atoms with Gasteiger partial charge in [-0.25, -0.2) is 0 Å². The van der Waals surface area contributed by atoms with Gasteiger partial charge in [0.25, 0.3) is 0 Å². The Hall–Kier alpha value is -1.59. The second-order valence-corrected chi connectivity index (χ2v) is 7.42. The second kappa shape index (κ2) is 6.67. The van der Waals surface area contributed by atoms with E-state index in [1.807, 2.05) is 0 Å². The fourth-order valence-corrected chi connectivity index (χ4v) is 4.08. The van der Waals surface area contributed by atoms with Crippen LogP contribution in [0.25, 0.3) is 10.7 Å². The SMILES string of the molecule is Cc1cccc(CSc2nnc(-c3cccs3)n2C(C)C)c1. The van der Waals surface area contributed by atoms with Crippen LogP contribution in [0.5, 0.6) is 0 Å². The molecular formula is C17H19N3S2. The van der Waals surface area contributed by atoms with Crippen LogP contribution in [0.2, 0.25) is 0 Å². The van der Waals surface area contributed by atoms with Gasteiger partial charge >= 0.3 is 0 Å². The molecule has 2 heterocycles. The molecule has 0 spiro atoms. The van der Waals surface area contributed by atoms with Crippen molar-refractivity contribution >= 4 is 23.1 Å². The zero-order valence-corrected chi connectivity index (χ0v) is 14.6. The summed E-state index contributed by atoms with van der Waals surface area (Å²) in [4.78, 5) is 1.17. The monoisotopic (exact) mass is 329 g/mol. The van der Waals surface area contributed by atoms with Gasteiger partial charge in [0.15, 0.2) is 11.0 Å². The molecular weight excluding hydrogens is 310 g/mol. The first-order valence-corrected chi connectivity index (χ1v) is 9.19. The fraction of sp³-hybridized carbons (Fsp3) is 0.294. The zero-order chi connectivity index (χ0) is 15.5. The maximum atomic E-state index is 4.41. The van der Waals surface area contributed by atoms with Crippen molar-refractivity contribution in [2.75, 3.05) is 0 Å². The van der Waals surface area contributed by atoms with Gasteiger partial charge in [-0.3, -0.25) is 4.57 Å². The van der Waals surface area contributed by atoms with Crippen molar-refractivity contribution in [3.63, 3.8) is 0 Å². The molecule has 3 aromatic rings. The largest absolute Gasteiger partial charge is 0.299 e. The number of thioether (sulfide) groups is 1. The molecule has 0 aliphatic carbocycles. The van der Waals surface area contributed by atoms with Crippen molar-refractivity contribution < 1.29 is 0 Å². The molecule has 0 saturated carbocycles. The first kappa shape index (κ1) is 15.3. The Labute approximate surface area is 139 Å². The van der Waals surface area contributed by atoms with Crippen molar-refractivity contribution in [2.24, 2.45) is 0 Å². The molecule has 114 valence electrons. The summed E-state index contributed by atoms with van der Waals surface area (Å²) in [6.45, 7) is 6.48. The summed E-state index contributed by atoms with van der Waals surface area (Å²) in [5, 5.41) is 11.9. The Morgan fingerprint density at radius 3 is 2.73 bits per heavy atom. The summed E-state index contributed by atoms with van der Waals surface area (Å²) in [5.41, 5.74) is 2.61. The van der Waals surface area contributed by atoms with Gasteiger partial charge in [0.2, 0.25) is 0 Å². The molecule has 5 heteroatoms. The molecule has 1 aromatic carbocycles. The van der Waals surface area contributed by atoms with Crippen LogP contribution in [-0.4, -0.2) is 14.8 Å². The van der Waals surface area contributed by atoms with E-state index in [0.717, 1.165) is 16.7 Å². The van der Waals surface area contributed by atoms with Gasteiger partial charge < -0.3 is 0 Å². The molecule has 0 saturated heterocycles. The van der Waals surface area contributed by atoms with Crippen LogP contribution >= 0.6 is 23.1 Å². The summed E-state index contributed by atoms with van der Waals surface area (Å²) >= 11 is 3.45. The van der Waals surface area contributed by atoms with E-state index in [0.29, 0.717) is 6.04 Å². The lowest BCUT2D eigenvalue weighted by atomic mass is 10.2. The van der Waals surface area contributed by atoms with Crippen LogP contribution in [0, 0.1) is 6.92 Å². The molecule has 0 N–H and O–H groups in total. The standard InChI is InChI=1S/C17H19N3S2/c1-12(2)20-16(15-8-5-9-21-15)18-19-17(20)22-11-14-7-4-6-13(3)10-14/h4-10,12H,11H2,1-3H3. The van der Waals surface area contributed by atoms with E-state index in [1.165, 1.54) is 16.0 Å². The summed E-state index contributed by atoms with van der Waals surface area (Å²) in [6.07, 6.45) is 0. The maximum Gasteiger partial charge on any atom is 0.192 e. The number of rotatable bonds is 5. The molecule has 2 aromatic heterocycles. The zero-order valence-electron chi connectivity index (χ0n) is 13.0. The summed E-state index contributed by atoms with van der Waals surface area (Å²) < 4.78 is 2.23. The van der Waals surface area contributed by atoms with E-state index in [4.69, 9.17) is 0 Å². The van der Waals surface area contributed by atoms with Crippen LogP contribution in [0.1, 0.15) is 31.0 Å². The van der Waals surface area contributed by atoms with Crippen LogP contribution < -0.4 is 0 Å². The Balaban J connectivity index is 1.85. The average molecular weight is 329 g/mol. The molecule has 3 rings (SSSR count). The molecule has 22 heavy (non-hydrogen) atoms. The summed E-state index contributed by atoms with van der Waals surface area (Å²) in [5.74, 6) is 1.88. The lowest BCUT2D eigenvalue weighted by Crippen LogP contribution is -2.04. The van der Waals surface area contributed by atoms with Gasteiger partial charge in [0, 0.05) is 11.8 Å². The minimum Gasteiger partial charge on any atom is -0.299 e. The van der Waals surface area contributed by atoms with Crippen molar-refractivity contribution in [1.82, 2.24) is 14.8 Å². The van der Waals surface area contributed by atoms with Crippen LogP contribution in [0.15, 0.2) is 46.9 Å². The van der Waals surface area contributed by atoms with Gasteiger partial charge in [-0.2, -0.15) is 0 Å². The minimum absolute atomic E-state index is 0.340. The van der Waals surface area contributed by atoms with E-state index < -0.39 is 0 Å². The summed E-state index contributed by atoms with van der Waals surface area (Å²) in [7, 11) is 0. The van der Waals surface area contributed by atoms with Gasteiger partial charge in [-0.05, 0) is 37.8 Å². The molecule has 3 nitrogen and oxygen atoms in total. The quantitative estimate of drug-likeness (QED) is 0.604. The van der Waals surface area contributed by atoms with Gasteiger partial charge in [-0.1, -0.05) is 47.7 Å². The Kier molecular flexibility index (Phi) is 4.64. The highest BCUT2D eigenvalue weighted by molar-refractivity contribution is 7.98. The van der Waals surface area contributed by atoms with Gasteiger partial charge in [-0.15, -0.1) is 21.5 Å². The van der Waals surface area contributed by atoms with Gasteiger partial charge in [0.1, 0.15) is 0 Å². The van der Waals surface area contributed by atoms with E-state index in [2.05, 4.69) is 77.3 Å². The first-order valence-electron chi connectivity index (χ1n) is 7.32. The van der Waals surface area contributed by atoms with E-state index in [9.17, 15) is 0 Å². The third-order valence-electron chi connectivity index (χ3n) is 3.37. The Bertz CT molecular complexity index is 745. The predicted octanol–water partition coefficient (Wildman–Crippen LogP) is 5.19. The predicted molar refractivity (Wildman–Crippen MR) is 94.5 cm³/mol. The molecule has 0 aliphatic rings. The fourth-order valence-electron chi connectivity index (χ4n) is 2.36. The second-order valence-electron chi connectivity index (χ2n) is 5.52. The highest BCUT2D eigenvalue weighted by Crippen LogP contribution is 2.31. The highest BCUT2D eigenvalue weighted by atomic mass is 32.2. The Morgan fingerprint density at radius 1 is 1.18 bits per heavy atom. The number of aryl methyl sites for hydroxylation is 1. The van der Waals surface area contributed by atoms with E-state index in [1.54, 1.807) is 23.1 Å². The van der Waals surface area contributed by atoms with Crippen LogP contribution in [0.3, 0.4) is 0 Å². The van der Waals surface area contributed by atoms with Gasteiger partial charge in [0.05, 0.1) is 4.88 Å². The number of thiophene rings is 1. The van der Waals surface area contributed by atoms with E-state index >= 15 is 0 Å². The molecule has 0 atom stereocenters. The molecule has 0 fully saturated rings. The lowest BCUT2D eigenvalue weighted by molar-refractivity contribution is 0.555. The minimum atomic E-state index is 0.340. The summed E-state index contributed by atoms with van der Waals surface area (Å²) in [6, 6.07) is 13.1. The van der Waals surface area contributed by atoms with Crippen LogP contribution in [-0.2, 0) is 5.75 Å². The number of nitrogens with zero attached hydrogens (tertiary/aromatic N) is 3. The molecule has 0 aliphatic heterocycles. The van der Waals surface area contributed by atoms with Crippen molar-refractivity contribution in [1.29, 1.82) is 0 Å². The average Bonchev–Trinajstić information content (AvgIpc) is 3.14. The number of benzene rings is 1. The van der Waals surface area contributed by atoms with E-state index in [-0.39, 0.29) is 0 Å². The normalized spacial score (nSPS) is 11.3. The van der Waals surface area contributed by atoms with Crippen molar-refractivity contribution in [3.05, 3.63) is 52.9 Å². The smallest absolute Gasteiger partial charge is 0.192 e. The third kappa shape index (κ3) is 3.25. The van der Waals surface area contributed by atoms with Crippen molar-refractivity contribution in [3.8, 4) is 10.7 Å². The number of aromatic nitrogens is 3. The number of hydrogen-bond acceptors (Lipinski definition) is 4. The van der Waals surface area contributed by atoms with Crippen molar-refractivity contribution in [2.45, 2.75) is 37.7 Å². The first-order chi connectivity index (χ1) is 10.6. The third-order valence-corrected chi connectivity index (χ3v) is 5.25. The molecule has 0 unspecified atom stereocenters. The highest BCUT2D eigenvalue weighted by Gasteiger charge is 2.17. The number of hydrogen-bond donors (Lipinski definition) is 0. The van der Waals surface area contributed by atoms with Crippen LogP contribution in [0.4, 0.5) is 0 Å². The topological polar surface area (TPSA) is 30.7 Å². The maximum absolute atomic E-state index is 4.41. The molecule has 0 amide bonds. The molecule has 0 radical (unpaired) electrons. The lowest BCUT2D eigenvalue weighted by Gasteiger charge is -2.13.